The van der Waals surface area contributed by atoms with Crippen LogP contribution in [0.2, 0.25) is 0 Å². The molecule has 0 aliphatic carbocycles. The highest BCUT2D eigenvalue weighted by atomic mass is 79.9. The summed E-state index contributed by atoms with van der Waals surface area (Å²) < 4.78 is 7.28. The largest absolute Gasteiger partial charge is 0.366 e. The van der Waals surface area contributed by atoms with Crippen molar-refractivity contribution < 1.29 is 4.74 Å². The lowest BCUT2D eigenvalue weighted by Gasteiger charge is -2.27. The average molecular weight is 282 g/mol. The van der Waals surface area contributed by atoms with Crippen LogP contribution in [0.1, 0.15) is 30.4 Å². The summed E-state index contributed by atoms with van der Waals surface area (Å²) in [6, 6.07) is 6.56. The van der Waals surface area contributed by atoms with E-state index in [4.69, 9.17) is 4.74 Å². The van der Waals surface area contributed by atoms with Crippen LogP contribution in [0.25, 0.3) is 0 Å². The number of rotatable bonds is 0. The van der Waals surface area contributed by atoms with Crippen molar-refractivity contribution in [1.29, 1.82) is 0 Å². The molecule has 0 saturated carbocycles. The predicted octanol–water partition coefficient (Wildman–Crippen LogP) is 2.95. The minimum absolute atomic E-state index is 0.000463. The molecular weight excluding hydrogens is 266 g/mol. The SMILES string of the molecule is Brc1ccc2c(c1)CO[C@]21CCCNCC1. The third-order valence-corrected chi connectivity index (χ3v) is 4.20. The van der Waals surface area contributed by atoms with Crippen LogP contribution >= 0.6 is 15.9 Å². The number of fused-ring (bicyclic) bond motifs is 2. The highest BCUT2D eigenvalue weighted by Gasteiger charge is 2.39. The van der Waals surface area contributed by atoms with Gasteiger partial charge in [0.25, 0.3) is 0 Å². The monoisotopic (exact) mass is 281 g/mol. The molecule has 2 aliphatic heterocycles. The summed E-state index contributed by atoms with van der Waals surface area (Å²) in [5.41, 5.74) is 2.77. The Labute approximate surface area is 105 Å². The molecule has 1 aromatic carbocycles. The molecule has 86 valence electrons. The maximum absolute atomic E-state index is 6.13. The smallest absolute Gasteiger partial charge is 0.0951 e. The molecule has 1 aromatic rings. The van der Waals surface area contributed by atoms with Crippen LogP contribution in [0.5, 0.6) is 0 Å². The van der Waals surface area contributed by atoms with E-state index in [1.165, 1.54) is 17.5 Å². The Hall–Kier alpha value is -0.380. The van der Waals surface area contributed by atoms with Gasteiger partial charge in [-0.1, -0.05) is 22.0 Å². The van der Waals surface area contributed by atoms with E-state index in [2.05, 4.69) is 39.4 Å². The molecule has 0 unspecified atom stereocenters. The van der Waals surface area contributed by atoms with Crippen molar-refractivity contribution in [1.82, 2.24) is 5.32 Å². The number of benzene rings is 1. The number of hydrogen-bond donors (Lipinski definition) is 1. The second-order valence-electron chi connectivity index (χ2n) is 4.69. The third-order valence-electron chi connectivity index (χ3n) is 3.70. The summed E-state index contributed by atoms with van der Waals surface area (Å²) in [6.07, 6.45) is 3.45. The Morgan fingerprint density at radius 3 is 3.12 bits per heavy atom. The van der Waals surface area contributed by atoms with Crippen molar-refractivity contribution in [3.8, 4) is 0 Å². The van der Waals surface area contributed by atoms with Gasteiger partial charge in [-0.25, -0.2) is 0 Å². The number of hydrogen-bond acceptors (Lipinski definition) is 2. The Morgan fingerprint density at radius 1 is 1.25 bits per heavy atom. The fourth-order valence-corrected chi connectivity index (χ4v) is 3.28. The Kier molecular flexibility index (Phi) is 2.78. The highest BCUT2D eigenvalue weighted by Crippen LogP contribution is 2.43. The number of halogens is 1. The van der Waals surface area contributed by atoms with Gasteiger partial charge in [0.15, 0.2) is 0 Å². The van der Waals surface area contributed by atoms with Crippen LogP contribution in [0.4, 0.5) is 0 Å². The van der Waals surface area contributed by atoms with Crippen LogP contribution in [-0.2, 0) is 16.9 Å². The molecule has 0 radical (unpaired) electrons. The van der Waals surface area contributed by atoms with Gasteiger partial charge in [-0.2, -0.15) is 0 Å². The molecule has 1 N–H and O–H groups in total. The van der Waals surface area contributed by atoms with Crippen LogP contribution in [0, 0.1) is 0 Å². The summed E-state index contributed by atoms with van der Waals surface area (Å²) in [5.74, 6) is 0. The molecule has 3 rings (SSSR count). The molecule has 2 heterocycles. The fraction of sp³-hybridized carbons (Fsp3) is 0.538. The van der Waals surface area contributed by atoms with Crippen LogP contribution in [-0.4, -0.2) is 13.1 Å². The quantitative estimate of drug-likeness (QED) is 0.790. The zero-order valence-electron chi connectivity index (χ0n) is 9.26. The average Bonchev–Trinajstić information content (AvgIpc) is 2.48. The fourth-order valence-electron chi connectivity index (χ4n) is 2.87. The second kappa shape index (κ2) is 4.13. The molecule has 0 bridgehead atoms. The summed E-state index contributed by atoms with van der Waals surface area (Å²) in [7, 11) is 0. The van der Waals surface area contributed by atoms with Crippen LogP contribution < -0.4 is 5.32 Å². The molecular formula is C13H16BrNO. The van der Waals surface area contributed by atoms with E-state index in [1.54, 1.807) is 0 Å². The van der Waals surface area contributed by atoms with E-state index in [0.717, 1.165) is 37.0 Å². The number of nitrogens with one attached hydrogen (secondary N) is 1. The van der Waals surface area contributed by atoms with Gasteiger partial charge < -0.3 is 10.1 Å². The first-order valence-corrected chi connectivity index (χ1v) is 6.73. The van der Waals surface area contributed by atoms with Crippen LogP contribution in [0.3, 0.4) is 0 Å². The molecule has 2 nitrogen and oxygen atoms in total. The van der Waals surface area contributed by atoms with Gasteiger partial charge in [-0.3, -0.25) is 0 Å². The molecule has 0 amide bonds. The first kappa shape index (κ1) is 10.8. The lowest BCUT2D eigenvalue weighted by molar-refractivity contribution is -0.0469. The maximum Gasteiger partial charge on any atom is 0.0951 e. The van der Waals surface area contributed by atoms with E-state index >= 15 is 0 Å². The van der Waals surface area contributed by atoms with Crippen molar-refractivity contribution in [3.05, 3.63) is 33.8 Å². The van der Waals surface area contributed by atoms with Crippen LogP contribution in [0.15, 0.2) is 22.7 Å². The second-order valence-corrected chi connectivity index (χ2v) is 5.60. The minimum atomic E-state index is -0.000463. The predicted molar refractivity (Wildman–Crippen MR) is 67.3 cm³/mol. The zero-order chi connectivity index (χ0) is 11.0. The van der Waals surface area contributed by atoms with E-state index < -0.39 is 0 Å². The summed E-state index contributed by atoms with van der Waals surface area (Å²) in [4.78, 5) is 0. The Morgan fingerprint density at radius 2 is 2.19 bits per heavy atom. The van der Waals surface area contributed by atoms with Crippen molar-refractivity contribution in [2.75, 3.05) is 13.1 Å². The molecule has 3 heteroatoms. The van der Waals surface area contributed by atoms with Gasteiger partial charge in [0.05, 0.1) is 12.2 Å². The molecule has 0 aromatic heterocycles. The first-order chi connectivity index (χ1) is 7.80. The van der Waals surface area contributed by atoms with E-state index in [-0.39, 0.29) is 5.60 Å². The lowest BCUT2D eigenvalue weighted by atomic mass is 9.86. The van der Waals surface area contributed by atoms with Crippen molar-refractivity contribution in [2.24, 2.45) is 0 Å². The van der Waals surface area contributed by atoms with Gasteiger partial charge in [0.2, 0.25) is 0 Å². The maximum atomic E-state index is 6.13. The summed E-state index contributed by atoms with van der Waals surface area (Å²) >= 11 is 3.52. The van der Waals surface area contributed by atoms with E-state index in [9.17, 15) is 0 Å². The van der Waals surface area contributed by atoms with Crippen molar-refractivity contribution >= 4 is 15.9 Å². The third kappa shape index (κ3) is 1.71. The molecule has 1 fully saturated rings. The first-order valence-electron chi connectivity index (χ1n) is 5.94. The lowest BCUT2D eigenvalue weighted by Crippen LogP contribution is -2.26. The highest BCUT2D eigenvalue weighted by molar-refractivity contribution is 9.10. The standard InChI is InChI=1S/C13H16BrNO/c14-11-2-3-12-10(8-11)9-16-13(12)4-1-6-15-7-5-13/h2-3,8,15H,1,4-7,9H2/t13-/m0/s1. The molecule has 1 atom stereocenters. The Bertz CT molecular complexity index is 397. The van der Waals surface area contributed by atoms with Crippen molar-refractivity contribution in [3.63, 3.8) is 0 Å². The Balaban J connectivity index is 2.00. The van der Waals surface area contributed by atoms with E-state index in [1.807, 2.05) is 0 Å². The van der Waals surface area contributed by atoms with Gasteiger partial charge in [0.1, 0.15) is 0 Å². The van der Waals surface area contributed by atoms with Gasteiger partial charge in [-0.05, 0) is 55.6 Å². The molecule has 2 aliphatic rings. The van der Waals surface area contributed by atoms with Gasteiger partial charge in [0, 0.05) is 4.47 Å². The minimum Gasteiger partial charge on any atom is -0.366 e. The number of ether oxygens (including phenoxy) is 1. The summed E-state index contributed by atoms with van der Waals surface area (Å²) in [6.45, 7) is 2.96. The van der Waals surface area contributed by atoms with Crippen molar-refractivity contribution in [2.45, 2.75) is 31.5 Å². The molecule has 1 saturated heterocycles. The normalized spacial score (nSPS) is 29.1. The van der Waals surface area contributed by atoms with Gasteiger partial charge >= 0.3 is 0 Å². The zero-order valence-corrected chi connectivity index (χ0v) is 10.8. The topological polar surface area (TPSA) is 21.3 Å². The molecule has 16 heavy (non-hydrogen) atoms. The summed E-state index contributed by atoms with van der Waals surface area (Å²) in [5, 5.41) is 3.45. The molecule has 1 spiro atoms. The van der Waals surface area contributed by atoms with Gasteiger partial charge in [-0.15, -0.1) is 0 Å². The van der Waals surface area contributed by atoms with E-state index in [0.29, 0.717) is 0 Å².